The van der Waals surface area contributed by atoms with Gasteiger partial charge in [0.1, 0.15) is 0 Å². The molecular weight excluding hydrogens is 459 g/mol. The van der Waals surface area contributed by atoms with Crippen LogP contribution in [0.5, 0.6) is 0 Å². The van der Waals surface area contributed by atoms with Gasteiger partial charge in [0.15, 0.2) is 0 Å². The van der Waals surface area contributed by atoms with Crippen molar-refractivity contribution < 1.29 is 52.2 Å². The van der Waals surface area contributed by atoms with E-state index in [1.54, 1.807) is 5.57 Å². The van der Waals surface area contributed by atoms with Gasteiger partial charge < -0.3 is 9.66 Å². The van der Waals surface area contributed by atoms with Gasteiger partial charge in [-0.3, -0.25) is 4.55 Å². The molecular formula is C27H47NaO5S. The van der Waals surface area contributed by atoms with E-state index in [-0.39, 0.29) is 35.7 Å². The van der Waals surface area contributed by atoms with E-state index in [9.17, 15) is 5.11 Å². The van der Waals surface area contributed by atoms with Gasteiger partial charge in [0, 0.05) is 0 Å². The molecule has 3 saturated carbocycles. The van der Waals surface area contributed by atoms with Crippen molar-refractivity contribution in [3.63, 3.8) is 0 Å². The minimum atomic E-state index is -4.92. The smallest absolute Gasteiger partial charge is 0.726 e. The maximum atomic E-state index is 10.2. The molecule has 7 heteroatoms. The number of allylic oxidation sites excluding steroid dienone is 1. The summed E-state index contributed by atoms with van der Waals surface area (Å²) in [5.74, 6) is 5.46. The molecule has 0 bridgehead atoms. The van der Waals surface area contributed by atoms with Gasteiger partial charge >= 0.3 is 29.6 Å². The van der Waals surface area contributed by atoms with Gasteiger partial charge in [0.25, 0.3) is 0 Å². The Morgan fingerprint density at radius 3 is 2.32 bits per heavy atom. The summed E-state index contributed by atoms with van der Waals surface area (Å²) in [6.07, 6.45) is 17.2. The third-order valence-corrected chi connectivity index (χ3v) is 10.3. The second-order valence-electron chi connectivity index (χ2n) is 12.6. The molecule has 4 rings (SSSR count). The predicted octanol–water partition coefficient (Wildman–Crippen LogP) is 3.40. The third kappa shape index (κ3) is 6.90. The summed E-state index contributed by atoms with van der Waals surface area (Å²) in [7, 11) is -4.92. The van der Waals surface area contributed by atoms with Crippen LogP contribution >= 0.6 is 0 Å². The number of rotatable bonds is 5. The minimum Gasteiger partial charge on any atom is -0.726 e. The Labute approximate surface area is 230 Å². The molecule has 34 heavy (non-hydrogen) atoms. The van der Waals surface area contributed by atoms with E-state index < -0.39 is 10.4 Å². The van der Waals surface area contributed by atoms with E-state index in [0.29, 0.717) is 10.8 Å². The zero-order chi connectivity index (χ0) is 24.6. The summed E-state index contributed by atoms with van der Waals surface area (Å²) >= 11 is 0. The SMILES string of the molecule is CC(C)CCC[C@@H](C)[C@H]1CC[C@H]2[C@@H]3CC=C4C[C@@H](O)CC[C@]4(C)[C@H]3CC[C@]12C.O=S(=O)([O-])O.[Na+]. The molecule has 2 N–H and O–H groups in total. The molecule has 0 heterocycles. The number of hydrogen-bond acceptors (Lipinski definition) is 4. The summed E-state index contributed by atoms with van der Waals surface area (Å²) in [4.78, 5) is 0. The molecule has 0 aromatic carbocycles. The topological polar surface area (TPSA) is 97.7 Å². The quantitative estimate of drug-likeness (QED) is 0.258. The standard InChI is InChI=1S/C27H46O.Na.H2O4S/c1-18(2)7-6-8-19(3)23-11-12-24-22-10-9-20-17-21(28)13-15-26(20,4)25(22)14-16-27(23,24)5;;1-5(2,3)4/h9,18-19,21-25,28H,6-8,10-17H2,1-5H3;;(H2,1,2,3,4)/q;+1;/p-1/t19-,21+,22+,23-,24+,25+,26+,27-;;/m1../s1. The van der Waals surface area contributed by atoms with Gasteiger partial charge in [-0.1, -0.05) is 65.5 Å². The Bertz CT molecular complexity index is 804. The number of hydrogen-bond donors (Lipinski definition) is 2. The summed E-state index contributed by atoms with van der Waals surface area (Å²) in [5, 5.41) is 10.2. The monoisotopic (exact) mass is 506 g/mol. The second kappa shape index (κ2) is 12.0. The van der Waals surface area contributed by atoms with Crippen LogP contribution in [-0.2, 0) is 10.4 Å². The third-order valence-electron chi connectivity index (χ3n) is 10.3. The molecule has 3 fully saturated rings. The van der Waals surface area contributed by atoms with Crippen LogP contribution in [0, 0.1) is 46.3 Å². The molecule has 0 saturated heterocycles. The zero-order valence-electron chi connectivity index (χ0n) is 22.4. The Morgan fingerprint density at radius 2 is 1.71 bits per heavy atom. The molecule has 4 aliphatic carbocycles. The van der Waals surface area contributed by atoms with Crippen molar-refractivity contribution in [1.82, 2.24) is 0 Å². The molecule has 0 aromatic rings. The van der Waals surface area contributed by atoms with Crippen LogP contribution in [0.3, 0.4) is 0 Å². The Kier molecular flexibility index (Phi) is 10.8. The van der Waals surface area contributed by atoms with Crippen molar-refractivity contribution in [2.75, 3.05) is 0 Å². The molecule has 0 unspecified atom stereocenters. The normalized spacial score (nSPS) is 40.0. The summed E-state index contributed by atoms with van der Waals surface area (Å²) in [6, 6.07) is 0. The number of fused-ring (bicyclic) bond motifs is 5. The van der Waals surface area contributed by atoms with Crippen molar-refractivity contribution in [2.45, 2.75) is 111 Å². The van der Waals surface area contributed by atoms with Crippen molar-refractivity contribution in [1.29, 1.82) is 0 Å². The Hall–Kier alpha value is 0.570. The molecule has 192 valence electrons. The van der Waals surface area contributed by atoms with Gasteiger partial charge in [-0.05, 0) is 97.7 Å². The second-order valence-corrected chi connectivity index (χ2v) is 13.5. The van der Waals surface area contributed by atoms with Crippen molar-refractivity contribution >= 4 is 10.4 Å². The first kappa shape index (κ1) is 30.8. The van der Waals surface area contributed by atoms with Gasteiger partial charge in [-0.2, -0.15) is 0 Å². The zero-order valence-corrected chi connectivity index (χ0v) is 25.2. The Morgan fingerprint density at radius 1 is 1.06 bits per heavy atom. The summed E-state index contributed by atoms with van der Waals surface area (Å²) < 4.78 is 32.8. The van der Waals surface area contributed by atoms with Gasteiger partial charge in [0.05, 0.1) is 6.10 Å². The molecule has 0 radical (unpaired) electrons. The van der Waals surface area contributed by atoms with Gasteiger partial charge in [-0.25, -0.2) is 8.42 Å². The van der Waals surface area contributed by atoms with Gasteiger partial charge in [0.2, 0.25) is 10.4 Å². The van der Waals surface area contributed by atoms with Crippen molar-refractivity contribution in [3.05, 3.63) is 11.6 Å². The van der Waals surface area contributed by atoms with E-state index in [0.717, 1.165) is 48.3 Å². The van der Waals surface area contributed by atoms with E-state index in [1.165, 1.54) is 57.8 Å². The molecule has 4 aliphatic rings. The van der Waals surface area contributed by atoms with E-state index in [1.807, 2.05) is 0 Å². The van der Waals surface area contributed by atoms with Crippen LogP contribution in [0.2, 0.25) is 0 Å². The maximum Gasteiger partial charge on any atom is 1.00 e. The summed E-state index contributed by atoms with van der Waals surface area (Å²) in [6.45, 7) is 12.6. The maximum absolute atomic E-state index is 10.2. The Balaban J connectivity index is 0.000000619. The molecule has 0 spiro atoms. The van der Waals surface area contributed by atoms with E-state index >= 15 is 0 Å². The first-order valence-electron chi connectivity index (χ1n) is 13.3. The summed E-state index contributed by atoms with van der Waals surface area (Å²) in [5.41, 5.74) is 2.60. The predicted molar refractivity (Wildman–Crippen MR) is 131 cm³/mol. The first-order valence-corrected chi connectivity index (χ1v) is 14.7. The average Bonchev–Trinajstić information content (AvgIpc) is 3.04. The van der Waals surface area contributed by atoms with Crippen molar-refractivity contribution in [2.24, 2.45) is 46.3 Å². The molecule has 8 atom stereocenters. The van der Waals surface area contributed by atoms with Crippen LogP contribution in [0.15, 0.2) is 11.6 Å². The number of aliphatic hydroxyl groups excluding tert-OH is 1. The fourth-order valence-corrected chi connectivity index (χ4v) is 8.67. The fraction of sp³-hybridized carbons (Fsp3) is 0.926. The number of aliphatic hydroxyl groups is 1. The minimum absolute atomic E-state index is 0. The van der Waals surface area contributed by atoms with Crippen molar-refractivity contribution in [3.8, 4) is 0 Å². The van der Waals surface area contributed by atoms with Crippen LogP contribution in [0.4, 0.5) is 0 Å². The van der Waals surface area contributed by atoms with Crippen LogP contribution in [0.25, 0.3) is 0 Å². The van der Waals surface area contributed by atoms with Crippen LogP contribution < -0.4 is 29.6 Å². The largest absolute Gasteiger partial charge is 1.00 e. The van der Waals surface area contributed by atoms with E-state index in [2.05, 4.69) is 40.7 Å². The van der Waals surface area contributed by atoms with E-state index in [4.69, 9.17) is 17.5 Å². The fourth-order valence-electron chi connectivity index (χ4n) is 8.67. The van der Waals surface area contributed by atoms with Crippen LogP contribution in [-0.4, -0.2) is 28.7 Å². The van der Waals surface area contributed by atoms with Crippen LogP contribution in [0.1, 0.15) is 105 Å². The first-order chi connectivity index (χ1) is 15.3. The molecule has 5 nitrogen and oxygen atoms in total. The van der Waals surface area contributed by atoms with Gasteiger partial charge in [-0.15, -0.1) is 0 Å². The molecule has 0 aromatic heterocycles. The molecule has 0 aliphatic heterocycles. The average molecular weight is 507 g/mol. The molecule has 0 amide bonds.